The maximum Gasteiger partial charge on any atom is 0.410 e. The summed E-state index contributed by atoms with van der Waals surface area (Å²) in [6.07, 6.45) is 4.59. The second kappa shape index (κ2) is 7.84. The Morgan fingerprint density at radius 2 is 2.00 bits per heavy atom. The van der Waals surface area contributed by atoms with E-state index in [0.29, 0.717) is 18.0 Å². The molecule has 0 spiro atoms. The Morgan fingerprint density at radius 1 is 1.26 bits per heavy atom. The highest BCUT2D eigenvalue weighted by atomic mass is 16.6. The normalized spacial score (nSPS) is 29.8. The van der Waals surface area contributed by atoms with Crippen LogP contribution in [0.25, 0.3) is 0 Å². The van der Waals surface area contributed by atoms with E-state index in [-0.39, 0.29) is 6.09 Å². The standard InChI is InChI=1S/C18H35N3O2/c1-14-12-16(8-10-20(14)5)19-9-6-15-7-11-21(13-15)17(22)23-18(2,3)4/h14-16,19H,6-13H2,1-5H3. The van der Waals surface area contributed by atoms with Crippen LogP contribution in [0.2, 0.25) is 0 Å². The molecule has 0 aromatic heterocycles. The third-order valence-electron chi connectivity index (χ3n) is 5.13. The third kappa shape index (κ3) is 5.96. The van der Waals surface area contributed by atoms with Crippen molar-refractivity contribution in [2.75, 3.05) is 33.2 Å². The summed E-state index contributed by atoms with van der Waals surface area (Å²) in [4.78, 5) is 16.4. The topological polar surface area (TPSA) is 44.8 Å². The van der Waals surface area contributed by atoms with Gasteiger partial charge in [-0.2, -0.15) is 0 Å². The van der Waals surface area contributed by atoms with E-state index in [2.05, 4.69) is 24.2 Å². The van der Waals surface area contributed by atoms with Gasteiger partial charge in [0.15, 0.2) is 0 Å². The van der Waals surface area contributed by atoms with Crippen LogP contribution in [-0.2, 0) is 4.74 Å². The highest BCUT2D eigenvalue weighted by Crippen LogP contribution is 2.22. The van der Waals surface area contributed by atoms with Crippen LogP contribution in [0.3, 0.4) is 0 Å². The summed E-state index contributed by atoms with van der Waals surface area (Å²) in [6.45, 7) is 12.0. The average Bonchev–Trinajstić information content (AvgIpc) is 2.90. The summed E-state index contributed by atoms with van der Waals surface area (Å²) in [5.74, 6) is 0.610. The van der Waals surface area contributed by atoms with Crippen LogP contribution in [0.4, 0.5) is 4.79 Å². The second-order valence-electron chi connectivity index (χ2n) is 8.37. The number of rotatable bonds is 4. The SMILES string of the molecule is CC1CC(NCCC2CCN(C(=O)OC(C)(C)C)C2)CCN1C. The number of carbonyl (C=O) groups is 1. The second-order valence-corrected chi connectivity index (χ2v) is 8.37. The smallest absolute Gasteiger partial charge is 0.410 e. The van der Waals surface area contributed by atoms with Crippen molar-refractivity contribution in [3.63, 3.8) is 0 Å². The molecule has 2 fully saturated rings. The van der Waals surface area contributed by atoms with E-state index in [1.54, 1.807) is 0 Å². The molecule has 0 saturated carbocycles. The minimum absolute atomic E-state index is 0.155. The summed E-state index contributed by atoms with van der Waals surface area (Å²) < 4.78 is 5.46. The Kier molecular flexibility index (Phi) is 6.32. The molecule has 0 aromatic rings. The van der Waals surface area contributed by atoms with Gasteiger partial charge in [-0.05, 0) is 79.4 Å². The summed E-state index contributed by atoms with van der Waals surface area (Å²) in [5.41, 5.74) is -0.401. The van der Waals surface area contributed by atoms with Crippen molar-refractivity contribution < 1.29 is 9.53 Å². The lowest BCUT2D eigenvalue weighted by atomic mass is 9.98. The van der Waals surface area contributed by atoms with E-state index in [4.69, 9.17) is 4.74 Å². The molecule has 2 aliphatic rings. The molecule has 23 heavy (non-hydrogen) atoms. The predicted molar refractivity (Wildman–Crippen MR) is 93.6 cm³/mol. The van der Waals surface area contributed by atoms with Gasteiger partial charge in [0.1, 0.15) is 5.60 Å². The number of ether oxygens (including phenoxy) is 1. The van der Waals surface area contributed by atoms with Gasteiger partial charge in [0.25, 0.3) is 0 Å². The van der Waals surface area contributed by atoms with E-state index in [1.807, 2.05) is 25.7 Å². The van der Waals surface area contributed by atoms with E-state index in [9.17, 15) is 4.79 Å². The molecule has 3 unspecified atom stereocenters. The zero-order chi connectivity index (χ0) is 17.0. The molecule has 0 aliphatic carbocycles. The molecule has 5 nitrogen and oxygen atoms in total. The Labute approximate surface area is 141 Å². The van der Waals surface area contributed by atoms with Crippen molar-refractivity contribution in [3.8, 4) is 0 Å². The van der Waals surface area contributed by atoms with Crippen molar-refractivity contribution in [2.24, 2.45) is 5.92 Å². The highest BCUT2D eigenvalue weighted by molar-refractivity contribution is 5.68. The van der Waals surface area contributed by atoms with E-state index < -0.39 is 5.60 Å². The summed E-state index contributed by atoms with van der Waals surface area (Å²) in [5, 5.41) is 3.72. The molecule has 0 radical (unpaired) electrons. The summed E-state index contributed by atoms with van der Waals surface area (Å²) >= 11 is 0. The lowest BCUT2D eigenvalue weighted by molar-refractivity contribution is 0.0287. The monoisotopic (exact) mass is 325 g/mol. The van der Waals surface area contributed by atoms with Gasteiger partial charge in [0.05, 0.1) is 0 Å². The first-order valence-corrected chi connectivity index (χ1v) is 9.16. The summed E-state index contributed by atoms with van der Waals surface area (Å²) in [6, 6.07) is 1.33. The maximum atomic E-state index is 12.1. The number of hydrogen-bond donors (Lipinski definition) is 1. The number of piperidine rings is 1. The van der Waals surface area contributed by atoms with E-state index >= 15 is 0 Å². The Morgan fingerprint density at radius 3 is 2.65 bits per heavy atom. The third-order valence-corrected chi connectivity index (χ3v) is 5.13. The van der Waals surface area contributed by atoms with Crippen LogP contribution in [-0.4, -0.2) is 66.8 Å². The minimum Gasteiger partial charge on any atom is -0.444 e. The van der Waals surface area contributed by atoms with Gasteiger partial charge in [-0.25, -0.2) is 4.79 Å². The number of carbonyl (C=O) groups excluding carboxylic acids is 1. The molecule has 134 valence electrons. The van der Waals surface area contributed by atoms with Gasteiger partial charge >= 0.3 is 6.09 Å². The fourth-order valence-electron chi connectivity index (χ4n) is 3.53. The molecule has 2 heterocycles. The lowest BCUT2D eigenvalue weighted by Gasteiger charge is -2.35. The Hall–Kier alpha value is -0.810. The van der Waals surface area contributed by atoms with Crippen molar-refractivity contribution in [1.29, 1.82) is 0 Å². The first-order valence-electron chi connectivity index (χ1n) is 9.16. The first-order chi connectivity index (χ1) is 10.7. The zero-order valence-electron chi connectivity index (χ0n) is 15.6. The summed E-state index contributed by atoms with van der Waals surface area (Å²) in [7, 11) is 2.21. The van der Waals surface area contributed by atoms with Crippen molar-refractivity contribution in [2.45, 2.75) is 71.1 Å². The molecule has 0 aromatic carbocycles. The van der Waals surface area contributed by atoms with Crippen LogP contribution in [0.5, 0.6) is 0 Å². The van der Waals surface area contributed by atoms with Gasteiger partial charge in [-0.3, -0.25) is 0 Å². The van der Waals surface area contributed by atoms with Crippen LogP contribution in [0.15, 0.2) is 0 Å². The van der Waals surface area contributed by atoms with Crippen LogP contribution in [0, 0.1) is 5.92 Å². The van der Waals surface area contributed by atoms with Gasteiger partial charge in [-0.1, -0.05) is 0 Å². The lowest BCUT2D eigenvalue weighted by Crippen LogP contribution is -2.46. The number of nitrogens with one attached hydrogen (secondary N) is 1. The average molecular weight is 325 g/mol. The predicted octanol–water partition coefficient (Wildman–Crippen LogP) is 2.71. The fourth-order valence-corrected chi connectivity index (χ4v) is 3.53. The molecule has 0 bridgehead atoms. The molecular formula is C18H35N3O2. The molecule has 5 heteroatoms. The van der Waals surface area contributed by atoms with E-state index in [0.717, 1.165) is 32.5 Å². The first kappa shape index (κ1) is 18.5. The van der Waals surface area contributed by atoms with Crippen LogP contribution in [0.1, 0.15) is 53.4 Å². The van der Waals surface area contributed by atoms with Gasteiger partial charge in [-0.15, -0.1) is 0 Å². The largest absolute Gasteiger partial charge is 0.444 e. The fraction of sp³-hybridized carbons (Fsp3) is 0.944. The zero-order valence-corrected chi connectivity index (χ0v) is 15.6. The van der Waals surface area contributed by atoms with Crippen LogP contribution >= 0.6 is 0 Å². The molecular weight excluding hydrogens is 290 g/mol. The molecule has 1 amide bonds. The van der Waals surface area contributed by atoms with Crippen molar-refractivity contribution in [1.82, 2.24) is 15.1 Å². The molecule has 1 N–H and O–H groups in total. The maximum absolute atomic E-state index is 12.1. The van der Waals surface area contributed by atoms with Crippen molar-refractivity contribution in [3.05, 3.63) is 0 Å². The molecule has 2 aliphatic heterocycles. The Bertz CT molecular complexity index is 394. The molecule has 2 saturated heterocycles. The number of nitrogens with zero attached hydrogens (tertiary/aromatic N) is 2. The van der Waals surface area contributed by atoms with Gasteiger partial charge < -0.3 is 19.9 Å². The van der Waals surface area contributed by atoms with Crippen molar-refractivity contribution >= 4 is 6.09 Å². The van der Waals surface area contributed by atoms with Gasteiger partial charge in [0.2, 0.25) is 0 Å². The Balaban J connectivity index is 1.63. The minimum atomic E-state index is -0.401. The molecule has 2 rings (SSSR count). The van der Waals surface area contributed by atoms with Gasteiger partial charge in [0, 0.05) is 25.2 Å². The number of hydrogen-bond acceptors (Lipinski definition) is 4. The molecule has 3 atom stereocenters. The number of likely N-dealkylation sites (tertiary alicyclic amines) is 2. The van der Waals surface area contributed by atoms with E-state index in [1.165, 1.54) is 19.4 Å². The van der Waals surface area contributed by atoms with Crippen LogP contribution < -0.4 is 5.32 Å². The number of amides is 1. The quantitative estimate of drug-likeness (QED) is 0.863. The highest BCUT2D eigenvalue weighted by Gasteiger charge is 2.29.